The zero-order chi connectivity index (χ0) is 21.6. The predicted octanol–water partition coefficient (Wildman–Crippen LogP) is 4.28. The van der Waals surface area contributed by atoms with Gasteiger partial charge in [-0.2, -0.15) is 0 Å². The van der Waals surface area contributed by atoms with Crippen molar-refractivity contribution in [3.63, 3.8) is 0 Å². The normalized spacial score (nSPS) is 25.6. The second kappa shape index (κ2) is 11.0. The monoisotopic (exact) mass is 505 g/mol. The molecular weight excluding hydrogens is 474 g/mol. The zero-order valence-electron chi connectivity index (χ0n) is 18.0. The lowest BCUT2D eigenvalue weighted by Crippen LogP contribution is -2.54. The van der Waals surface area contributed by atoms with Gasteiger partial charge in [0, 0.05) is 22.3 Å². The van der Waals surface area contributed by atoms with Gasteiger partial charge >= 0.3 is 0 Å². The minimum atomic E-state index is -0.0344. The average Bonchev–Trinajstić information content (AvgIpc) is 3.28. The predicted molar refractivity (Wildman–Crippen MR) is 131 cm³/mol. The fraction of sp³-hybridized carbons (Fsp3) is 0.583. The van der Waals surface area contributed by atoms with Crippen molar-refractivity contribution in [2.24, 2.45) is 0 Å². The summed E-state index contributed by atoms with van der Waals surface area (Å²) in [5, 5.41) is 3.43. The Bertz CT molecular complexity index is 825. The first-order valence-corrected chi connectivity index (χ1v) is 13.2. The Morgan fingerprint density at radius 1 is 1.19 bits per heavy atom. The molecular formula is C24H32BrN3O2S. The van der Waals surface area contributed by atoms with Crippen molar-refractivity contribution < 1.29 is 9.59 Å². The van der Waals surface area contributed by atoms with Gasteiger partial charge in [-0.05, 0) is 75.5 Å². The van der Waals surface area contributed by atoms with Gasteiger partial charge < -0.3 is 15.1 Å². The first kappa shape index (κ1) is 22.9. The minimum Gasteiger partial charge on any atom is -0.355 e. The SMILES string of the molecule is O=C(CN1C(=O)/C(=C\c2cccc(Br)c2)SC2CCCCC21)NCCCN1CCCC1. The maximum Gasteiger partial charge on any atom is 0.261 e. The van der Waals surface area contributed by atoms with Crippen LogP contribution in [0.25, 0.3) is 6.08 Å². The van der Waals surface area contributed by atoms with Crippen LogP contribution in [0.2, 0.25) is 0 Å². The van der Waals surface area contributed by atoms with Crippen LogP contribution in [0, 0.1) is 0 Å². The molecule has 3 aliphatic rings. The summed E-state index contributed by atoms with van der Waals surface area (Å²) in [6.45, 7) is 4.26. The van der Waals surface area contributed by atoms with Crippen molar-refractivity contribution in [2.45, 2.75) is 56.2 Å². The first-order chi connectivity index (χ1) is 15.1. The molecule has 2 aliphatic heterocycles. The Labute approximate surface area is 198 Å². The number of likely N-dealkylation sites (tertiary alicyclic amines) is 1. The summed E-state index contributed by atoms with van der Waals surface area (Å²) < 4.78 is 0.996. The van der Waals surface area contributed by atoms with Crippen molar-refractivity contribution >= 4 is 45.6 Å². The van der Waals surface area contributed by atoms with E-state index < -0.39 is 0 Å². The fourth-order valence-electron chi connectivity index (χ4n) is 4.86. The van der Waals surface area contributed by atoms with Crippen LogP contribution >= 0.6 is 27.7 Å². The van der Waals surface area contributed by atoms with Gasteiger partial charge in [0.1, 0.15) is 6.54 Å². The van der Waals surface area contributed by atoms with Gasteiger partial charge in [0.2, 0.25) is 5.91 Å². The van der Waals surface area contributed by atoms with E-state index in [4.69, 9.17) is 0 Å². The molecule has 5 nitrogen and oxygen atoms in total. The van der Waals surface area contributed by atoms with Gasteiger partial charge in [-0.3, -0.25) is 9.59 Å². The molecule has 0 radical (unpaired) electrons. The number of amides is 2. The zero-order valence-corrected chi connectivity index (χ0v) is 20.4. The molecule has 168 valence electrons. The molecule has 1 saturated carbocycles. The molecule has 2 heterocycles. The van der Waals surface area contributed by atoms with Crippen LogP contribution < -0.4 is 5.32 Å². The fourth-order valence-corrected chi connectivity index (χ4v) is 6.75. The highest BCUT2D eigenvalue weighted by atomic mass is 79.9. The van der Waals surface area contributed by atoms with E-state index in [2.05, 4.69) is 26.1 Å². The molecule has 2 amide bonds. The van der Waals surface area contributed by atoms with Crippen molar-refractivity contribution in [2.75, 3.05) is 32.7 Å². The highest BCUT2D eigenvalue weighted by Gasteiger charge is 2.41. The van der Waals surface area contributed by atoms with E-state index in [1.807, 2.05) is 35.2 Å². The molecule has 7 heteroatoms. The Hall–Kier alpha value is -1.31. The smallest absolute Gasteiger partial charge is 0.261 e. The summed E-state index contributed by atoms with van der Waals surface area (Å²) in [5.41, 5.74) is 1.01. The van der Waals surface area contributed by atoms with Gasteiger partial charge in [-0.1, -0.05) is 40.9 Å². The number of nitrogens with one attached hydrogen (secondary N) is 1. The average molecular weight is 507 g/mol. The Morgan fingerprint density at radius 2 is 2.00 bits per heavy atom. The van der Waals surface area contributed by atoms with Gasteiger partial charge in [0.15, 0.2) is 0 Å². The number of hydrogen-bond acceptors (Lipinski definition) is 4. The molecule has 1 aliphatic carbocycles. The van der Waals surface area contributed by atoms with Crippen molar-refractivity contribution in [1.29, 1.82) is 0 Å². The standard InChI is InChI=1S/C24H32BrN3O2S/c25-19-8-5-7-18(15-19)16-22-24(30)28(20-9-1-2-10-21(20)31-22)17-23(29)26-11-6-14-27-12-3-4-13-27/h5,7-8,15-16,20-21H,1-4,6,9-14,17H2,(H,26,29)/b22-16+. The van der Waals surface area contributed by atoms with Crippen LogP contribution in [-0.4, -0.2) is 65.6 Å². The van der Waals surface area contributed by atoms with Crippen LogP contribution in [0.15, 0.2) is 33.6 Å². The Morgan fingerprint density at radius 3 is 2.81 bits per heavy atom. The van der Waals surface area contributed by atoms with E-state index in [1.54, 1.807) is 11.8 Å². The van der Waals surface area contributed by atoms with Crippen LogP contribution in [0.4, 0.5) is 0 Å². The topological polar surface area (TPSA) is 52.7 Å². The Kier molecular flexibility index (Phi) is 8.13. The largest absolute Gasteiger partial charge is 0.355 e. The minimum absolute atomic E-state index is 0.000317. The number of hydrogen-bond donors (Lipinski definition) is 1. The summed E-state index contributed by atoms with van der Waals surface area (Å²) >= 11 is 5.21. The third-order valence-corrected chi connectivity index (χ3v) is 8.34. The van der Waals surface area contributed by atoms with E-state index in [9.17, 15) is 9.59 Å². The molecule has 1 aromatic carbocycles. The van der Waals surface area contributed by atoms with Crippen molar-refractivity contribution in [3.05, 3.63) is 39.2 Å². The number of benzene rings is 1. The molecule has 31 heavy (non-hydrogen) atoms. The molecule has 0 bridgehead atoms. The molecule has 1 N–H and O–H groups in total. The van der Waals surface area contributed by atoms with Gasteiger partial charge in [0.25, 0.3) is 5.91 Å². The van der Waals surface area contributed by atoms with E-state index in [-0.39, 0.29) is 24.4 Å². The molecule has 2 saturated heterocycles. The van der Waals surface area contributed by atoms with E-state index in [0.717, 1.165) is 47.2 Å². The second-order valence-corrected chi connectivity index (χ2v) is 11.0. The first-order valence-electron chi connectivity index (χ1n) is 11.5. The number of carbonyl (C=O) groups is 2. The third kappa shape index (κ3) is 6.14. The maximum absolute atomic E-state index is 13.3. The number of carbonyl (C=O) groups excluding carboxylic acids is 2. The summed E-state index contributed by atoms with van der Waals surface area (Å²) in [5.74, 6) is -0.0341. The lowest BCUT2D eigenvalue weighted by Gasteiger charge is -2.43. The van der Waals surface area contributed by atoms with E-state index >= 15 is 0 Å². The van der Waals surface area contributed by atoms with Crippen molar-refractivity contribution in [3.8, 4) is 0 Å². The summed E-state index contributed by atoms with van der Waals surface area (Å²) in [6.07, 6.45) is 9.96. The van der Waals surface area contributed by atoms with Gasteiger partial charge in [0.05, 0.1) is 4.91 Å². The van der Waals surface area contributed by atoms with Crippen LogP contribution in [0.1, 0.15) is 50.5 Å². The molecule has 3 fully saturated rings. The number of halogens is 1. The van der Waals surface area contributed by atoms with Gasteiger partial charge in [-0.15, -0.1) is 11.8 Å². The number of rotatable bonds is 7. The summed E-state index contributed by atoms with van der Waals surface area (Å²) in [7, 11) is 0. The molecule has 1 aromatic rings. The number of nitrogens with zero attached hydrogens (tertiary/aromatic N) is 2. The maximum atomic E-state index is 13.3. The molecule has 4 rings (SSSR count). The lowest BCUT2D eigenvalue weighted by atomic mass is 9.93. The second-order valence-electron chi connectivity index (χ2n) is 8.76. The van der Waals surface area contributed by atoms with Gasteiger partial charge in [-0.25, -0.2) is 0 Å². The van der Waals surface area contributed by atoms with Crippen LogP contribution in [-0.2, 0) is 9.59 Å². The quantitative estimate of drug-likeness (QED) is 0.443. The van der Waals surface area contributed by atoms with Crippen molar-refractivity contribution in [1.82, 2.24) is 15.1 Å². The Balaban J connectivity index is 1.38. The number of thioether (sulfide) groups is 1. The lowest BCUT2D eigenvalue weighted by molar-refractivity contribution is -0.135. The summed E-state index contributed by atoms with van der Waals surface area (Å²) in [4.78, 5) is 31.1. The van der Waals surface area contributed by atoms with Crippen LogP contribution in [0.5, 0.6) is 0 Å². The molecule has 0 spiro atoms. The molecule has 2 unspecified atom stereocenters. The number of fused-ring (bicyclic) bond motifs is 1. The highest BCUT2D eigenvalue weighted by Crippen LogP contribution is 2.42. The molecule has 0 aromatic heterocycles. The van der Waals surface area contributed by atoms with E-state index in [0.29, 0.717) is 11.8 Å². The van der Waals surface area contributed by atoms with Crippen LogP contribution in [0.3, 0.4) is 0 Å². The molecule has 2 atom stereocenters. The summed E-state index contributed by atoms with van der Waals surface area (Å²) in [6, 6.07) is 8.16. The highest BCUT2D eigenvalue weighted by molar-refractivity contribution is 9.10. The van der Waals surface area contributed by atoms with E-state index in [1.165, 1.54) is 32.4 Å². The third-order valence-electron chi connectivity index (χ3n) is 6.45.